The Morgan fingerprint density at radius 2 is 1.76 bits per heavy atom. The number of methoxy groups -OCH3 is 2. The summed E-state index contributed by atoms with van der Waals surface area (Å²) in [5.74, 6) is 0.739. The minimum absolute atomic E-state index is 0.00493. The van der Waals surface area contributed by atoms with E-state index in [1.807, 2.05) is 30.3 Å². The predicted octanol–water partition coefficient (Wildman–Crippen LogP) is 4.05. The molecule has 0 aromatic heterocycles. The Kier molecular flexibility index (Phi) is 8.64. The smallest absolute Gasteiger partial charge is 0.228 e. The van der Waals surface area contributed by atoms with E-state index >= 15 is 0 Å². The lowest BCUT2D eigenvalue weighted by molar-refractivity contribution is -0.121. The third-order valence-corrected chi connectivity index (χ3v) is 4.66. The molecular weight excluding hydrogens is 457 g/mol. The molecule has 0 spiro atoms. The molecule has 2 rings (SSSR count). The molecule has 0 saturated heterocycles. The first-order valence-electron chi connectivity index (χ1n) is 8.42. The Bertz CT molecular complexity index is 848. The molecule has 0 bridgehead atoms. The SMILES string of the molecule is COc1ccc(CC(=O)NC(NC(=S)Nc2ccccc2)C(Cl)(Cl)Cl)c(OC)c1. The molecule has 0 aliphatic heterocycles. The van der Waals surface area contributed by atoms with Crippen molar-refractivity contribution in [1.82, 2.24) is 10.6 Å². The van der Waals surface area contributed by atoms with E-state index in [-0.39, 0.29) is 17.4 Å². The summed E-state index contributed by atoms with van der Waals surface area (Å²) in [6.45, 7) is 0. The van der Waals surface area contributed by atoms with Gasteiger partial charge in [-0.25, -0.2) is 0 Å². The normalized spacial score (nSPS) is 11.9. The highest BCUT2D eigenvalue weighted by atomic mass is 35.6. The number of carbonyl (C=O) groups excluding carboxylic acids is 1. The average molecular weight is 477 g/mol. The number of alkyl halides is 3. The Balaban J connectivity index is 2.04. The molecule has 0 aliphatic carbocycles. The van der Waals surface area contributed by atoms with Crippen molar-refractivity contribution in [2.75, 3.05) is 19.5 Å². The van der Waals surface area contributed by atoms with Crippen LogP contribution in [-0.4, -0.2) is 35.2 Å². The molecule has 6 nitrogen and oxygen atoms in total. The summed E-state index contributed by atoms with van der Waals surface area (Å²) in [6.07, 6.45) is -1.06. The maximum absolute atomic E-state index is 12.6. The number of amides is 1. The minimum Gasteiger partial charge on any atom is -0.497 e. The van der Waals surface area contributed by atoms with Crippen LogP contribution in [0.2, 0.25) is 0 Å². The summed E-state index contributed by atoms with van der Waals surface area (Å²) < 4.78 is 8.62. The second-order valence-corrected chi connectivity index (χ2v) is 8.64. The van der Waals surface area contributed by atoms with Gasteiger partial charge in [-0.2, -0.15) is 0 Å². The van der Waals surface area contributed by atoms with Crippen molar-refractivity contribution in [1.29, 1.82) is 0 Å². The first-order chi connectivity index (χ1) is 13.7. The number of nitrogens with one attached hydrogen (secondary N) is 3. The highest BCUT2D eigenvalue weighted by molar-refractivity contribution is 7.80. The van der Waals surface area contributed by atoms with E-state index in [9.17, 15) is 4.79 Å². The number of ether oxygens (including phenoxy) is 2. The maximum Gasteiger partial charge on any atom is 0.228 e. The molecule has 1 unspecified atom stereocenters. The standard InChI is InChI=1S/C19H20Cl3N3O3S/c1-27-14-9-8-12(15(11-14)28-2)10-16(26)24-17(19(20,21)22)25-18(29)23-13-6-4-3-5-7-13/h3-9,11,17H,10H2,1-2H3,(H,24,26)(H2,23,25,29). The van der Waals surface area contributed by atoms with Gasteiger partial charge in [0.15, 0.2) is 5.11 Å². The Morgan fingerprint density at radius 1 is 1.07 bits per heavy atom. The number of anilines is 1. The van der Waals surface area contributed by atoms with Gasteiger partial charge >= 0.3 is 0 Å². The molecule has 1 atom stereocenters. The fourth-order valence-corrected chi connectivity index (χ4v) is 2.97. The second-order valence-electron chi connectivity index (χ2n) is 5.86. The fourth-order valence-electron chi connectivity index (χ4n) is 2.40. The topological polar surface area (TPSA) is 71.6 Å². The summed E-state index contributed by atoms with van der Waals surface area (Å²) in [7, 11) is 3.06. The van der Waals surface area contributed by atoms with Crippen LogP contribution >= 0.6 is 47.0 Å². The van der Waals surface area contributed by atoms with E-state index in [0.717, 1.165) is 5.69 Å². The fraction of sp³-hybridized carbons (Fsp3) is 0.263. The van der Waals surface area contributed by atoms with E-state index < -0.39 is 9.96 Å². The number of hydrogen-bond acceptors (Lipinski definition) is 4. The number of carbonyl (C=O) groups is 1. The molecule has 3 N–H and O–H groups in total. The van der Waals surface area contributed by atoms with E-state index in [4.69, 9.17) is 56.5 Å². The van der Waals surface area contributed by atoms with Gasteiger partial charge in [0.2, 0.25) is 9.70 Å². The van der Waals surface area contributed by atoms with Crippen molar-refractivity contribution in [3.05, 3.63) is 54.1 Å². The molecule has 1 amide bonds. The van der Waals surface area contributed by atoms with Crippen LogP contribution in [0, 0.1) is 0 Å². The lowest BCUT2D eigenvalue weighted by Gasteiger charge is -2.28. The molecule has 0 saturated carbocycles. The maximum atomic E-state index is 12.6. The van der Waals surface area contributed by atoms with Crippen LogP contribution in [-0.2, 0) is 11.2 Å². The van der Waals surface area contributed by atoms with Crippen molar-refractivity contribution in [3.63, 3.8) is 0 Å². The summed E-state index contributed by atoms with van der Waals surface area (Å²) in [6, 6.07) is 14.4. The van der Waals surface area contributed by atoms with Gasteiger partial charge < -0.3 is 25.4 Å². The van der Waals surface area contributed by atoms with Crippen LogP contribution in [0.3, 0.4) is 0 Å². The largest absolute Gasteiger partial charge is 0.497 e. The van der Waals surface area contributed by atoms with Crippen molar-refractivity contribution >= 4 is 63.7 Å². The summed E-state index contributed by atoms with van der Waals surface area (Å²) in [5, 5.41) is 8.60. The van der Waals surface area contributed by atoms with Crippen LogP contribution in [0.5, 0.6) is 11.5 Å². The first kappa shape index (κ1) is 23.3. The van der Waals surface area contributed by atoms with Gasteiger partial charge in [0.25, 0.3) is 0 Å². The van der Waals surface area contributed by atoms with Crippen molar-refractivity contribution in [2.45, 2.75) is 16.4 Å². The number of thiocarbonyl (C=S) groups is 1. The van der Waals surface area contributed by atoms with Gasteiger partial charge in [0, 0.05) is 17.3 Å². The molecule has 0 heterocycles. The van der Waals surface area contributed by atoms with Crippen molar-refractivity contribution < 1.29 is 14.3 Å². The van der Waals surface area contributed by atoms with Gasteiger partial charge in [-0.1, -0.05) is 59.1 Å². The van der Waals surface area contributed by atoms with Crippen LogP contribution < -0.4 is 25.4 Å². The molecule has 29 heavy (non-hydrogen) atoms. The monoisotopic (exact) mass is 475 g/mol. The second kappa shape index (κ2) is 10.7. The zero-order valence-corrected chi connectivity index (χ0v) is 18.8. The Hall–Kier alpha value is -1.93. The van der Waals surface area contributed by atoms with Gasteiger partial charge in [-0.3, -0.25) is 4.79 Å². The minimum atomic E-state index is -1.85. The van der Waals surface area contributed by atoms with Crippen LogP contribution in [0.15, 0.2) is 48.5 Å². The van der Waals surface area contributed by atoms with Crippen LogP contribution in [0.25, 0.3) is 0 Å². The van der Waals surface area contributed by atoms with E-state index in [0.29, 0.717) is 17.1 Å². The molecule has 0 aliphatic rings. The molecule has 0 fully saturated rings. The lowest BCUT2D eigenvalue weighted by atomic mass is 10.1. The van der Waals surface area contributed by atoms with Gasteiger partial charge in [-0.05, 0) is 30.4 Å². The van der Waals surface area contributed by atoms with Gasteiger partial charge in [0.05, 0.1) is 20.6 Å². The first-order valence-corrected chi connectivity index (χ1v) is 9.96. The predicted molar refractivity (Wildman–Crippen MR) is 121 cm³/mol. The van der Waals surface area contributed by atoms with E-state index in [2.05, 4.69) is 16.0 Å². The van der Waals surface area contributed by atoms with E-state index in [1.54, 1.807) is 25.3 Å². The summed E-state index contributed by atoms with van der Waals surface area (Å²) >= 11 is 23.3. The molecule has 156 valence electrons. The molecule has 2 aromatic rings. The van der Waals surface area contributed by atoms with Crippen LogP contribution in [0.4, 0.5) is 5.69 Å². The Morgan fingerprint density at radius 3 is 2.34 bits per heavy atom. The molecular formula is C19H20Cl3N3O3S. The van der Waals surface area contributed by atoms with Gasteiger partial charge in [0.1, 0.15) is 17.7 Å². The summed E-state index contributed by atoms with van der Waals surface area (Å²) in [4.78, 5) is 12.6. The summed E-state index contributed by atoms with van der Waals surface area (Å²) in [5.41, 5.74) is 1.40. The third-order valence-electron chi connectivity index (χ3n) is 3.78. The molecule has 0 radical (unpaired) electrons. The zero-order chi connectivity index (χ0) is 21.4. The lowest BCUT2D eigenvalue weighted by Crippen LogP contribution is -2.56. The highest BCUT2D eigenvalue weighted by Crippen LogP contribution is 2.30. The average Bonchev–Trinajstić information content (AvgIpc) is 2.67. The quantitative estimate of drug-likeness (QED) is 0.318. The zero-order valence-electron chi connectivity index (χ0n) is 15.7. The molecule has 10 heteroatoms. The molecule has 2 aromatic carbocycles. The number of hydrogen-bond donors (Lipinski definition) is 3. The van der Waals surface area contributed by atoms with Crippen molar-refractivity contribution in [3.8, 4) is 11.5 Å². The van der Waals surface area contributed by atoms with Crippen LogP contribution in [0.1, 0.15) is 5.56 Å². The van der Waals surface area contributed by atoms with E-state index in [1.165, 1.54) is 7.11 Å². The van der Waals surface area contributed by atoms with Crippen molar-refractivity contribution in [2.24, 2.45) is 0 Å². The van der Waals surface area contributed by atoms with Gasteiger partial charge in [-0.15, -0.1) is 0 Å². The number of halogens is 3. The number of benzene rings is 2. The number of para-hydroxylation sites is 1. The highest BCUT2D eigenvalue weighted by Gasteiger charge is 2.34. The number of rotatable bonds is 7. The third kappa shape index (κ3) is 7.44. The Labute approximate surface area is 189 Å².